The van der Waals surface area contributed by atoms with Gasteiger partial charge in [-0.25, -0.2) is 4.98 Å². The van der Waals surface area contributed by atoms with E-state index >= 15 is 0 Å². The van der Waals surface area contributed by atoms with E-state index in [-0.39, 0.29) is 12.1 Å². The van der Waals surface area contributed by atoms with Crippen LogP contribution in [0.4, 0.5) is 0 Å². The second kappa shape index (κ2) is 5.55. The Balaban J connectivity index is 1.81. The quantitative estimate of drug-likeness (QED) is 0.884. The molecule has 2 unspecified atom stereocenters. The molecule has 2 heterocycles. The summed E-state index contributed by atoms with van der Waals surface area (Å²) < 4.78 is 0. The van der Waals surface area contributed by atoms with Gasteiger partial charge in [-0.2, -0.15) is 0 Å². The second-order valence-corrected chi connectivity index (χ2v) is 5.21. The molecule has 2 aromatic rings. The Labute approximate surface area is 113 Å². The molecule has 3 rings (SSSR count). The van der Waals surface area contributed by atoms with Gasteiger partial charge < -0.3 is 10.7 Å². The molecule has 1 saturated heterocycles. The Hall–Kier alpha value is -1.65. The fraction of sp³-hybridized carbons (Fsp3) is 0.400. The van der Waals surface area contributed by atoms with Crippen molar-refractivity contribution >= 4 is 0 Å². The summed E-state index contributed by atoms with van der Waals surface area (Å²) in [5.74, 6) is 0. The highest BCUT2D eigenvalue weighted by molar-refractivity contribution is 5.16. The van der Waals surface area contributed by atoms with E-state index in [0.717, 1.165) is 25.2 Å². The van der Waals surface area contributed by atoms with Crippen LogP contribution < -0.4 is 5.73 Å². The number of aromatic amines is 1. The first kappa shape index (κ1) is 12.4. The number of rotatable bonds is 3. The molecule has 1 fully saturated rings. The highest BCUT2D eigenvalue weighted by atomic mass is 15.2. The maximum atomic E-state index is 6.32. The number of nitrogens with one attached hydrogen (secondary N) is 1. The zero-order valence-corrected chi connectivity index (χ0v) is 11.0. The van der Waals surface area contributed by atoms with Gasteiger partial charge in [0.25, 0.3) is 0 Å². The maximum Gasteiger partial charge on any atom is 0.0922 e. The minimum Gasteiger partial charge on any atom is -0.347 e. The first-order valence-electron chi connectivity index (χ1n) is 6.86. The van der Waals surface area contributed by atoms with Gasteiger partial charge in [-0.1, -0.05) is 30.3 Å². The Morgan fingerprint density at radius 2 is 2.16 bits per heavy atom. The lowest BCUT2D eigenvalue weighted by molar-refractivity contribution is 0.118. The standard InChI is InChI=1S/C15H20N4/c16-13-7-4-8-19(10-12-5-2-1-3-6-12)15(13)14-9-17-11-18-14/h1-3,5-6,9,11,13,15H,4,7-8,10,16H2,(H,17,18). The second-order valence-electron chi connectivity index (χ2n) is 5.21. The van der Waals surface area contributed by atoms with Gasteiger partial charge in [0.1, 0.15) is 0 Å². The molecule has 0 radical (unpaired) electrons. The van der Waals surface area contributed by atoms with Crippen LogP contribution in [0.5, 0.6) is 0 Å². The van der Waals surface area contributed by atoms with Crippen LogP contribution in [0, 0.1) is 0 Å². The molecule has 1 aliphatic heterocycles. The van der Waals surface area contributed by atoms with Gasteiger partial charge in [0, 0.05) is 18.8 Å². The van der Waals surface area contributed by atoms with Crippen molar-refractivity contribution in [3.63, 3.8) is 0 Å². The molecular weight excluding hydrogens is 236 g/mol. The molecule has 1 aliphatic rings. The molecule has 1 aromatic heterocycles. The molecule has 0 spiro atoms. The first-order valence-corrected chi connectivity index (χ1v) is 6.86. The van der Waals surface area contributed by atoms with Gasteiger partial charge in [-0.3, -0.25) is 4.90 Å². The summed E-state index contributed by atoms with van der Waals surface area (Å²) in [6.07, 6.45) is 5.87. The van der Waals surface area contributed by atoms with E-state index in [1.165, 1.54) is 12.0 Å². The Morgan fingerprint density at radius 1 is 1.32 bits per heavy atom. The van der Waals surface area contributed by atoms with Gasteiger partial charge in [-0.05, 0) is 24.9 Å². The molecule has 1 aromatic carbocycles. The number of hydrogen-bond donors (Lipinski definition) is 2. The minimum absolute atomic E-state index is 0.179. The third-order valence-corrected chi connectivity index (χ3v) is 3.85. The number of benzene rings is 1. The van der Waals surface area contributed by atoms with Crippen LogP contribution in [0.2, 0.25) is 0 Å². The SMILES string of the molecule is NC1CCCN(Cc2ccccc2)C1c1cnc[nH]1. The lowest BCUT2D eigenvalue weighted by Crippen LogP contribution is -2.45. The van der Waals surface area contributed by atoms with Crippen molar-refractivity contribution in [1.82, 2.24) is 14.9 Å². The van der Waals surface area contributed by atoms with Gasteiger partial charge in [-0.15, -0.1) is 0 Å². The fourth-order valence-electron chi connectivity index (χ4n) is 2.95. The Kier molecular flexibility index (Phi) is 3.62. The number of imidazole rings is 1. The summed E-state index contributed by atoms with van der Waals surface area (Å²) in [7, 11) is 0. The summed E-state index contributed by atoms with van der Waals surface area (Å²) in [6.45, 7) is 2.03. The van der Waals surface area contributed by atoms with Crippen molar-refractivity contribution in [3.8, 4) is 0 Å². The predicted octanol–water partition coefficient (Wildman–Crippen LogP) is 2.07. The average molecular weight is 256 g/mol. The lowest BCUT2D eigenvalue weighted by Gasteiger charge is -2.39. The number of nitrogens with zero attached hydrogens (tertiary/aromatic N) is 2. The fourth-order valence-corrected chi connectivity index (χ4v) is 2.95. The molecule has 0 saturated carbocycles. The largest absolute Gasteiger partial charge is 0.347 e. The maximum absolute atomic E-state index is 6.32. The number of piperidine rings is 1. The Morgan fingerprint density at radius 3 is 2.89 bits per heavy atom. The van der Waals surface area contributed by atoms with Crippen molar-refractivity contribution in [2.24, 2.45) is 5.73 Å². The number of H-pyrrole nitrogens is 1. The first-order chi connectivity index (χ1) is 9.34. The zero-order chi connectivity index (χ0) is 13.1. The van der Waals surface area contributed by atoms with E-state index in [2.05, 4.69) is 45.2 Å². The Bertz CT molecular complexity index is 494. The molecule has 0 aliphatic carbocycles. The van der Waals surface area contributed by atoms with Gasteiger partial charge in [0.2, 0.25) is 0 Å². The van der Waals surface area contributed by atoms with Gasteiger partial charge in [0.15, 0.2) is 0 Å². The monoisotopic (exact) mass is 256 g/mol. The molecule has 100 valence electrons. The summed E-state index contributed by atoms with van der Waals surface area (Å²) in [6, 6.07) is 11.0. The lowest BCUT2D eigenvalue weighted by atomic mass is 9.94. The molecule has 0 amide bonds. The van der Waals surface area contributed by atoms with Crippen LogP contribution >= 0.6 is 0 Å². The summed E-state index contributed by atoms with van der Waals surface area (Å²) in [4.78, 5) is 9.81. The van der Waals surface area contributed by atoms with Crippen LogP contribution in [0.15, 0.2) is 42.9 Å². The van der Waals surface area contributed by atoms with E-state index in [1.807, 2.05) is 6.20 Å². The summed E-state index contributed by atoms with van der Waals surface area (Å²) >= 11 is 0. The highest BCUT2D eigenvalue weighted by Gasteiger charge is 2.31. The van der Waals surface area contributed by atoms with Gasteiger partial charge >= 0.3 is 0 Å². The van der Waals surface area contributed by atoms with Gasteiger partial charge in [0.05, 0.1) is 18.1 Å². The van der Waals surface area contributed by atoms with Crippen LogP contribution in [-0.2, 0) is 6.54 Å². The van der Waals surface area contributed by atoms with E-state index < -0.39 is 0 Å². The normalized spacial score (nSPS) is 24.5. The summed E-state index contributed by atoms with van der Waals surface area (Å²) in [5, 5.41) is 0. The zero-order valence-electron chi connectivity index (χ0n) is 11.0. The average Bonchev–Trinajstić information content (AvgIpc) is 2.94. The van der Waals surface area contributed by atoms with Crippen molar-refractivity contribution in [3.05, 3.63) is 54.1 Å². The number of nitrogens with two attached hydrogens (primary N) is 1. The number of likely N-dealkylation sites (tertiary alicyclic amines) is 1. The summed E-state index contributed by atoms with van der Waals surface area (Å²) in [5.41, 5.74) is 8.79. The third kappa shape index (κ3) is 2.69. The third-order valence-electron chi connectivity index (χ3n) is 3.85. The number of aromatic nitrogens is 2. The highest BCUT2D eigenvalue weighted by Crippen LogP contribution is 2.30. The number of hydrogen-bond acceptors (Lipinski definition) is 3. The van der Waals surface area contributed by atoms with Crippen LogP contribution in [-0.4, -0.2) is 27.5 Å². The van der Waals surface area contributed by atoms with Crippen molar-refractivity contribution in [2.45, 2.75) is 31.5 Å². The van der Waals surface area contributed by atoms with E-state index in [0.29, 0.717) is 0 Å². The molecule has 4 nitrogen and oxygen atoms in total. The predicted molar refractivity (Wildman–Crippen MR) is 75.4 cm³/mol. The van der Waals surface area contributed by atoms with E-state index in [1.54, 1.807) is 6.33 Å². The van der Waals surface area contributed by atoms with Crippen LogP contribution in [0.25, 0.3) is 0 Å². The van der Waals surface area contributed by atoms with Crippen molar-refractivity contribution < 1.29 is 0 Å². The molecule has 2 atom stereocenters. The van der Waals surface area contributed by atoms with E-state index in [9.17, 15) is 0 Å². The molecule has 3 N–H and O–H groups in total. The molecule has 19 heavy (non-hydrogen) atoms. The van der Waals surface area contributed by atoms with E-state index in [4.69, 9.17) is 5.73 Å². The minimum atomic E-state index is 0.179. The molecule has 4 heteroatoms. The molecule has 0 bridgehead atoms. The van der Waals surface area contributed by atoms with Crippen LogP contribution in [0.3, 0.4) is 0 Å². The van der Waals surface area contributed by atoms with Crippen LogP contribution in [0.1, 0.15) is 30.1 Å². The van der Waals surface area contributed by atoms with Crippen molar-refractivity contribution in [1.29, 1.82) is 0 Å². The molecular formula is C15H20N4. The smallest absolute Gasteiger partial charge is 0.0922 e. The van der Waals surface area contributed by atoms with Crippen molar-refractivity contribution in [2.75, 3.05) is 6.54 Å². The topological polar surface area (TPSA) is 57.9 Å².